The highest BCUT2D eigenvalue weighted by atomic mass is 32.2. The number of thioether (sulfide) groups is 1. The maximum absolute atomic E-state index is 13.0. The lowest BCUT2D eigenvalue weighted by molar-refractivity contribution is 0.627. The second-order valence-corrected chi connectivity index (χ2v) is 7.90. The summed E-state index contributed by atoms with van der Waals surface area (Å²) in [5.41, 5.74) is 1.94. The topological polar surface area (TPSA) is 60.9 Å². The van der Waals surface area contributed by atoms with Crippen molar-refractivity contribution in [3.63, 3.8) is 0 Å². The van der Waals surface area contributed by atoms with Crippen molar-refractivity contribution in [2.24, 2.45) is 0 Å². The van der Waals surface area contributed by atoms with Gasteiger partial charge in [0, 0.05) is 10.6 Å². The summed E-state index contributed by atoms with van der Waals surface area (Å²) in [6.45, 7) is 0. The average Bonchev–Trinajstić information content (AvgIpc) is 2.96. The molecule has 24 heavy (non-hydrogen) atoms. The van der Waals surface area contributed by atoms with Crippen molar-refractivity contribution < 1.29 is 4.39 Å². The van der Waals surface area contributed by atoms with Crippen LogP contribution in [0.5, 0.6) is 0 Å². The summed E-state index contributed by atoms with van der Waals surface area (Å²) in [6, 6.07) is 6.30. The van der Waals surface area contributed by atoms with Crippen LogP contribution in [-0.2, 0) is 18.6 Å². The molecule has 0 saturated carbocycles. The summed E-state index contributed by atoms with van der Waals surface area (Å²) in [4.78, 5) is 19.4. The smallest absolute Gasteiger partial charge is 0.281 e. The molecule has 0 spiro atoms. The standard InChI is InChI=1S/C17H16FN3OS2/c18-11-7-5-10(6-8-11)9-23-17-20-15-14(16(22)21(17)19)12-3-1-2-4-13(12)24-15/h5-8H,1-4,9,19H2. The van der Waals surface area contributed by atoms with Crippen LogP contribution in [0.15, 0.2) is 34.2 Å². The van der Waals surface area contributed by atoms with Gasteiger partial charge in [0.15, 0.2) is 5.16 Å². The Morgan fingerprint density at radius 1 is 1.25 bits per heavy atom. The second kappa shape index (κ2) is 6.22. The Kier molecular flexibility index (Phi) is 4.05. The lowest BCUT2D eigenvalue weighted by Crippen LogP contribution is -2.30. The molecule has 124 valence electrons. The minimum Gasteiger partial charge on any atom is -0.334 e. The van der Waals surface area contributed by atoms with Crippen LogP contribution < -0.4 is 11.4 Å². The average molecular weight is 361 g/mol. The van der Waals surface area contributed by atoms with E-state index in [1.165, 1.54) is 35.2 Å². The molecule has 0 bridgehead atoms. The zero-order valence-corrected chi connectivity index (χ0v) is 14.6. The molecule has 0 fully saturated rings. The number of benzene rings is 1. The number of nitrogens with zero attached hydrogens (tertiary/aromatic N) is 2. The van der Waals surface area contributed by atoms with Gasteiger partial charge in [-0.25, -0.2) is 14.1 Å². The first-order chi connectivity index (χ1) is 11.6. The molecule has 4 nitrogen and oxygen atoms in total. The van der Waals surface area contributed by atoms with E-state index >= 15 is 0 Å². The highest BCUT2D eigenvalue weighted by Crippen LogP contribution is 2.34. The molecular weight excluding hydrogens is 345 g/mol. The van der Waals surface area contributed by atoms with Crippen LogP contribution in [0, 0.1) is 5.82 Å². The Morgan fingerprint density at radius 2 is 2.00 bits per heavy atom. The summed E-state index contributed by atoms with van der Waals surface area (Å²) in [7, 11) is 0. The molecule has 2 aromatic heterocycles. The molecule has 2 N–H and O–H groups in total. The molecule has 0 radical (unpaired) electrons. The summed E-state index contributed by atoms with van der Waals surface area (Å²) >= 11 is 3.01. The Bertz CT molecular complexity index is 963. The van der Waals surface area contributed by atoms with Gasteiger partial charge in [-0.15, -0.1) is 11.3 Å². The number of thiophene rings is 1. The molecular formula is C17H16FN3OS2. The molecule has 3 aromatic rings. The molecule has 1 aromatic carbocycles. The minimum atomic E-state index is -0.261. The number of rotatable bonds is 3. The molecule has 0 aliphatic heterocycles. The number of hydrogen-bond acceptors (Lipinski definition) is 5. The highest BCUT2D eigenvalue weighted by Gasteiger charge is 2.21. The van der Waals surface area contributed by atoms with E-state index in [1.54, 1.807) is 23.5 Å². The predicted molar refractivity (Wildman–Crippen MR) is 96.6 cm³/mol. The third-order valence-electron chi connectivity index (χ3n) is 4.27. The monoisotopic (exact) mass is 361 g/mol. The number of fused-ring (bicyclic) bond motifs is 3. The van der Waals surface area contributed by atoms with Gasteiger partial charge in [0.05, 0.1) is 5.39 Å². The summed E-state index contributed by atoms with van der Waals surface area (Å²) < 4.78 is 14.1. The SMILES string of the molecule is Nn1c(SCc2ccc(F)cc2)nc2sc3c(c2c1=O)CCCC3. The van der Waals surface area contributed by atoms with Gasteiger partial charge in [0.1, 0.15) is 10.6 Å². The normalized spacial score (nSPS) is 14.0. The molecule has 4 rings (SSSR count). The first-order valence-corrected chi connectivity index (χ1v) is 9.63. The zero-order valence-electron chi connectivity index (χ0n) is 12.9. The third kappa shape index (κ3) is 2.71. The first kappa shape index (κ1) is 15.7. The van der Waals surface area contributed by atoms with E-state index in [1.807, 2.05) is 0 Å². The van der Waals surface area contributed by atoms with E-state index in [4.69, 9.17) is 5.84 Å². The molecule has 0 atom stereocenters. The summed E-state index contributed by atoms with van der Waals surface area (Å²) in [5.74, 6) is 6.32. The fourth-order valence-corrected chi connectivity index (χ4v) is 5.20. The van der Waals surface area contributed by atoms with Crippen molar-refractivity contribution >= 4 is 33.3 Å². The van der Waals surface area contributed by atoms with Gasteiger partial charge >= 0.3 is 0 Å². The molecule has 0 unspecified atom stereocenters. The van der Waals surface area contributed by atoms with E-state index in [0.717, 1.165) is 39.9 Å². The van der Waals surface area contributed by atoms with Gasteiger partial charge in [0.25, 0.3) is 5.56 Å². The van der Waals surface area contributed by atoms with Crippen LogP contribution in [0.25, 0.3) is 10.2 Å². The number of halogens is 1. The van der Waals surface area contributed by atoms with Crippen molar-refractivity contribution in [3.05, 3.63) is 56.4 Å². The number of hydrogen-bond donors (Lipinski definition) is 1. The largest absolute Gasteiger partial charge is 0.334 e. The van der Waals surface area contributed by atoms with Crippen LogP contribution in [0.4, 0.5) is 4.39 Å². The van der Waals surface area contributed by atoms with Crippen LogP contribution in [0.1, 0.15) is 28.8 Å². The van der Waals surface area contributed by atoms with Gasteiger partial charge in [0.2, 0.25) is 0 Å². The van der Waals surface area contributed by atoms with E-state index in [-0.39, 0.29) is 11.4 Å². The first-order valence-electron chi connectivity index (χ1n) is 7.83. The van der Waals surface area contributed by atoms with E-state index in [9.17, 15) is 9.18 Å². The van der Waals surface area contributed by atoms with Crippen molar-refractivity contribution in [1.29, 1.82) is 0 Å². The Hall–Kier alpha value is -1.86. The number of nitrogens with two attached hydrogens (primary N) is 1. The zero-order chi connectivity index (χ0) is 16.7. The number of nitrogen functional groups attached to an aromatic ring is 1. The molecule has 0 amide bonds. The van der Waals surface area contributed by atoms with Gasteiger partial charge < -0.3 is 5.84 Å². The van der Waals surface area contributed by atoms with E-state index in [2.05, 4.69) is 4.98 Å². The van der Waals surface area contributed by atoms with E-state index < -0.39 is 0 Å². The predicted octanol–water partition coefficient (Wildman–Crippen LogP) is 3.48. The Morgan fingerprint density at radius 3 is 2.79 bits per heavy atom. The lowest BCUT2D eigenvalue weighted by atomic mass is 9.97. The van der Waals surface area contributed by atoms with Crippen molar-refractivity contribution in [3.8, 4) is 0 Å². The molecule has 7 heteroatoms. The number of aromatic nitrogens is 2. The van der Waals surface area contributed by atoms with Crippen LogP contribution >= 0.6 is 23.1 Å². The highest BCUT2D eigenvalue weighted by molar-refractivity contribution is 7.98. The van der Waals surface area contributed by atoms with Crippen molar-refractivity contribution in [2.45, 2.75) is 36.6 Å². The van der Waals surface area contributed by atoms with Crippen molar-refractivity contribution in [2.75, 3.05) is 5.84 Å². The summed E-state index contributed by atoms with van der Waals surface area (Å²) in [6.07, 6.45) is 4.25. The molecule has 1 aliphatic rings. The summed E-state index contributed by atoms with van der Waals surface area (Å²) in [5, 5.41) is 1.19. The molecule has 1 aliphatic carbocycles. The Balaban J connectivity index is 1.70. The minimum absolute atomic E-state index is 0.166. The third-order valence-corrected chi connectivity index (χ3v) is 6.48. The van der Waals surface area contributed by atoms with Crippen LogP contribution in [0.2, 0.25) is 0 Å². The maximum Gasteiger partial charge on any atom is 0.281 e. The maximum atomic E-state index is 13.0. The fourth-order valence-electron chi connectivity index (χ4n) is 3.03. The van der Waals surface area contributed by atoms with Gasteiger partial charge in [-0.05, 0) is 48.9 Å². The van der Waals surface area contributed by atoms with Crippen LogP contribution in [-0.4, -0.2) is 9.66 Å². The molecule has 0 saturated heterocycles. The second-order valence-electron chi connectivity index (χ2n) is 5.88. The Labute approximate surface area is 146 Å². The van der Waals surface area contributed by atoms with E-state index in [0.29, 0.717) is 16.3 Å². The quantitative estimate of drug-likeness (QED) is 0.441. The fraction of sp³-hybridized carbons (Fsp3) is 0.294. The van der Waals surface area contributed by atoms with Crippen LogP contribution in [0.3, 0.4) is 0 Å². The van der Waals surface area contributed by atoms with Crippen molar-refractivity contribution in [1.82, 2.24) is 9.66 Å². The van der Waals surface area contributed by atoms with Gasteiger partial charge in [-0.3, -0.25) is 4.79 Å². The molecule has 2 heterocycles. The van der Waals surface area contributed by atoms with Gasteiger partial charge in [-0.2, -0.15) is 0 Å². The lowest BCUT2D eigenvalue weighted by Gasteiger charge is -2.10. The van der Waals surface area contributed by atoms with Gasteiger partial charge in [-0.1, -0.05) is 23.9 Å². The number of aryl methyl sites for hydroxylation is 2.